The van der Waals surface area contributed by atoms with Crippen molar-refractivity contribution >= 4 is 11.6 Å². The van der Waals surface area contributed by atoms with E-state index in [0.717, 1.165) is 18.8 Å². The number of likely N-dealkylation sites (tertiary alicyclic amines) is 1. The molecule has 0 saturated carbocycles. The Morgan fingerprint density at radius 2 is 1.89 bits per heavy atom. The van der Waals surface area contributed by atoms with Crippen molar-refractivity contribution in [3.05, 3.63) is 18.2 Å². The molecule has 1 fully saturated rings. The zero-order valence-corrected chi connectivity index (χ0v) is 11.4. The molecule has 0 unspecified atom stereocenters. The number of anilines is 1. The second kappa shape index (κ2) is 6.43. The Balaban J connectivity index is 1.96. The first-order valence-corrected chi connectivity index (χ1v) is 6.47. The van der Waals surface area contributed by atoms with Crippen LogP contribution in [-0.4, -0.2) is 44.7 Å². The van der Waals surface area contributed by atoms with Crippen LogP contribution in [0, 0.1) is 0 Å². The molecule has 1 aliphatic heterocycles. The van der Waals surface area contributed by atoms with Gasteiger partial charge < -0.3 is 14.8 Å². The first-order valence-electron chi connectivity index (χ1n) is 6.47. The summed E-state index contributed by atoms with van der Waals surface area (Å²) < 4.78 is 10.4. The third-order valence-electron chi connectivity index (χ3n) is 3.23. The zero-order valence-electron chi connectivity index (χ0n) is 11.4. The number of carbonyl (C=O) groups excluding carboxylic acids is 1. The normalized spacial score (nSPS) is 15.3. The van der Waals surface area contributed by atoms with Gasteiger partial charge in [-0.15, -0.1) is 0 Å². The van der Waals surface area contributed by atoms with E-state index in [1.54, 1.807) is 26.4 Å². The number of amides is 1. The van der Waals surface area contributed by atoms with Crippen molar-refractivity contribution in [2.45, 2.75) is 12.8 Å². The van der Waals surface area contributed by atoms with E-state index < -0.39 is 0 Å². The van der Waals surface area contributed by atoms with Gasteiger partial charge in [0.2, 0.25) is 5.91 Å². The first-order chi connectivity index (χ1) is 9.22. The minimum Gasteiger partial charge on any atom is -0.493 e. The number of nitrogens with one attached hydrogen (secondary N) is 1. The maximum absolute atomic E-state index is 11.9. The number of rotatable bonds is 5. The summed E-state index contributed by atoms with van der Waals surface area (Å²) in [6, 6.07) is 5.36. The van der Waals surface area contributed by atoms with E-state index in [1.165, 1.54) is 12.8 Å². The van der Waals surface area contributed by atoms with Crippen molar-refractivity contribution in [1.29, 1.82) is 0 Å². The third-order valence-corrected chi connectivity index (χ3v) is 3.23. The molecule has 1 saturated heterocycles. The fraction of sp³-hybridized carbons (Fsp3) is 0.500. The van der Waals surface area contributed by atoms with Crippen LogP contribution in [0.2, 0.25) is 0 Å². The summed E-state index contributed by atoms with van der Waals surface area (Å²) in [6.45, 7) is 2.48. The zero-order chi connectivity index (χ0) is 13.7. The van der Waals surface area contributed by atoms with Gasteiger partial charge in [-0.25, -0.2) is 0 Å². The fourth-order valence-corrected chi connectivity index (χ4v) is 2.26. The topological polar surface area (TPSA) is 50.8 Å². The Hall–Kier alpha value is -1.75. The van der Waals surface area contributed by atoms with Crippen LogP contribution in [0.5, 0.6) is 11.5 Å². The van der Waals surface area contributed by atoms with E-state index in [1.807, 2.05) is 6.07 Å². The van der Waals surface area contributed by atoms with Crippen LogP contribution < -0.4 is 14.8 Å². The van der Waals surface area contributed by atoms with Crippen molar-refractivity contribution in [2.24, 2.45) is 0 Å². The van der Waals surface area contributed by atoms with Crippen LogP contribution in [0.15, 0.2) is 18.2 Å². The smallest absolute Gasteiger partial charge is 0.238 e. The summed E-state index contributed by atoms with van der Waals surface area (Å²) in [4.78, 5) is 14.1. The molecule has 1 N–H and O–H groups in total. The van der Waals surface area contributed by atoms with E-state index >= 15 is 0 Å². The fourth-order valence-electron chi connectivity index (χ4n) is 2.26. The molecule has 19 heavy (non-hydrogen) atoms. The van der Waals surface area contributed by atoms with Crippen LogP contribution in [0.4, 0.5) is 5.69 Å². The lowest BCUT2D eigenvalue weighted by Gasteiger charge is -2.15. The minimum absolute atomic E-state index is 0.00844. The number of hydrogen-bond acceptors (Lipinski definition) is 4. The Bertz CT molecular complexity index is 442. The molecule has 1 aromatic carbocycles. The van der Waals surface area contributed by atoms with Gasteiger partial charge in [-0.1, -0.05) is 0 Å². The van der Waals surface area contributed by atoms with Crippen LogP contribution in [0.1, 0.15) is 12.8 Å². The number of ether oxygens (including phenoxy) is 2. The van der Waals surface area contributed by atoms with Gasteiger partial charge in [0.15, 0.2) is 11.5 Å². The summed E-state index contributed by atoms with van der Waals surface area (Å²) >= 11 is 0. The molecule has 5 nitrogen and oxygen atoms in total. The molecule has 5 heteroatoms. The molecular weight excluding hydrogens is 244 g/mol. The van der Waals surface area contributed by atoms with Crippen LogP contribution >= 0.6 is 0 Å². The predicted molar refractivity (Wildman–Crippen MR) is 73.8 cm³/mol. The Labute approximate surface area is 113 Å². The van der Waals surface area contributed by atoms with Crippen molar-refractivity contribution in [2.75, 3.05) is 39.2 Å². The van der Waals surface area contributed by atoms with Gasteiger partial charge in [-0.05, 0) is 38.1 Å². The second-order valence-electron chi connectivity index (χ2n) is 4.60. The van der Waals surface area contributed by atoms with Crippen LogP contribution in [0.3, 0.4) is 0 Å². The summed E-state index contributed by atoms with van der Waals surface area (Å²) in [7, 11) is 3.16. The highest BCUT2D eigenvalue weighted by molar-refractivity contribution is 5.92. The molecule has 0 aliphatic carbocycles. The summed E-state index contributed by atoms with van der Waals surface area (Å²) in [5.41, 5.74) is 0.724. The highest BCUT2D eigenvalue weighted by Crippen LogP contribution is 2.29. The lowest BCUT2D eigenvalue weighted by molar-refractivity contribution is -0.117. The van der Waals surface area contributed by atoms with Gasteiger partial charge in [0, 0.05) is 11.8 Å². The predicted octanol–water partition coefficient (Wildman–Crippen LogP) is 1.74. The number of benzene rings is 1. The second-order valence-corrected chi connectivity index (χ2v) is 4.60. The summed E-state index contributed by atoms with van der Waals surface area (Å²) in [6.07, 6.45) is 2.37. The molecular formula is C14H20N2O3. The van der Waals surface area contributed by atoms with Crippen molar-refractivity contribution < 1.29 is 14.3 Å². The molecule has 0 bridgehead atoms. The van der Waals surface area contributed by atoms with Gasteiger partial charge in [-0.3, -0.25) is 9.69 Å². The molecule has 104 valence electrons. The molecule has 1 aliphatic rings. The Kier molecular flexibility index (Phi) is 4.63. The molecule has 1 heterocycles. The Morgan fingerprint density at radius 1 is 1.21 bits per heavy atom. The largest absolute Gasteiger partial charge is 0.493 e. The number of methoxy groups -OCH3 is 2. The number of nitrogens with zero attached hydrogens (tertiary/aromatic N) is 1. The van der Waals surface area contributed by atoms with Crippen molar-refractivity contribution in [3.8, 4) is 11.5 Å². The molecule has 0 radical (unpaired) electrons. The van der Waals surface area contributed by atoms with E-state index in [4.69, 9.17) is 9.47 Å². The van der Waals surface area contributed by atoms with E-state index in [0.29, 0.717) is 18.0 Å². The average molecular weight is 264 g/mol. The SMILES string of the molecule is COc1ccc(NC(=O)CN2CCCC2)cc1OC. The standard InChI is InChI=1S/C14H20N2O3/c1-18-12-6-5-11(9-13(12)19-2)15-14(17)10-16-7-3-4-8-16/h5-6,9H,3-4,7-8,10H2,1-2H3,(H,15,17). The van der Waals surface area contributed by atoms with Crippen molar-refractivity contribution in [1.82, 2.24) is 4.90 Å². The lowest BCUT2D eigenvalue weighted by Crippen LogP contribution is -2.30. The molecule has 0 atom stereocenters. The highest BCUT2D eigenvalue weighted by atomic mass is 16.5. The molecule has 2 rings (SSSR count). The third kappa shape index (κ3) is 3.61. The molecule has 1 aromatic rings. The quantitative estimate of drug-likeness (QED) is 0.880. The van der Waals surface area contributed by atoms with E-state index in [2.05, 4.69) is 10.2 Å². The average Bonchev–Trinajstić information content (AvgIpc) is 2.91. The van der Waals surface area contributed by atoms with Crippen LogP contribution in [0.25, 0.3) is 0 Å². The number of hydrogen-bond donors (Lipinski definition) is 1. The van der Waals surface area contributed by atoms with Gasteiger partial charge in [0.05, 0.1) is 20.8 Å². The Morgan fingerprint density at radius 3 is 2.53 bits per heavy atom. The van der Waals surface area contributed by atoms with E-state index in [9.17, 15) is 4.79 Å². The van der Waals surface area contributed by atoms with Crippen molar-refractivity contribution in [3.63, 3.8) is 0 Å². The number of carbonyl (C=O) groups is 1. The van der Waals surface area contributed by atoms with Gasteiger partial charge in [0.25, 0.3) is 0 Å². The van der Waals surface area contributed by atoms with Gasteiger partial charge in [-0.2, -0.15) is 0 Å². The maximum Gasteiger partial charge on any atom is 0.238 e. The summed E-state index contributed by atoms with van der Waals surface area (Å²) in [5, 5.41) is 2.88. The van der Waals surface area contributed by atoms with Gasteiger partial charge in [0.1, 0.15) is 0 Å². The highest BCUT2D eigenvalue weighted by Gasteiger charge is 2.15. The van der Waals surface area contributed by atoms with E-state index in [-0.39, 0.29) is 5.91 Å². The lowest BCUT2D eigenvalue weighted by atomic mass is 10.2. The van der Waals surface area contributed by atoms with Gasteiger partial charge >= 0.3 is 0 Å². The molecule has 0 spiro atoms. The monoisotopic (exact) mass is 264 g/mol. The molecule has 1 amide bonds. The molecule has 0 aromatic heterocycles. The van der Waals surface area contributed by atoms with Crippen LogP contribution in [-0.2, 0) is 4.79 Å². The summed E-state index contributed by atoms with van der Waals surface area (Å²) in [5.74, 6) is 1.27. The first kappa shape index (κ1) is 13.7. The maximum atomic E-state index is 11.9. The minimum atomic E-state index is 0.00844.